The van der Waals surface area contributed by atoms with Crippen molar-refractivity contribution in [3.8, 4) is 16.9 Å². The third-order valence-corrected chi connectivity index (χ3v) is 3.51. The summed E-state index contributed by atoms with van der Waals surface area (Å²) in [5.41, 5.74) is 2.57. The van der Waals surface area contributed by atoms with Gasteiger partial charge in [0.25, 0.3) is 0 Å². The van der Waals surface area contributed by atoms with E-state index in [2.05, 4.69) is 0 Å². The number of benzene rings is 2. The summed E-state index contributed by atoms with van der Waals surface area (Å²) < 4.78 is 0. The summed E-state index contributed by atoms with van der Waals surface area (Å²) in [6.07, 6.45) is 0.851. The second kappa shape index (κ2) is 6.44. The molecule has 0 fully saturated rings. The van der Waals surface area contributed by atoms with Crippen molar-refractivity contribution in [1.82, 2.24) is 0 Å². The van der Waals surface area contributed by atoms with Crippen molar-refractivity contribution in [2.75, 3.05) is 0 Å². The molecule has 0 spiro atoms. The number of aromatic hydroxyl groups is 1. The van der Waals surface area contributed by atoms with Gasteiger partial charge in [0.2, 0.25) is 0 Å². The van der Waals surface area contributed by atoms with E-state index in [1.165, 1.54) is 0 Å². The van der Waals surface area contributed by atoms with Crippen LogP contribution in [-0.2, 0) is 11.2 Å². The Labute approximate surface area is 122 Å². The zero-order valence-electron chi connectivity index (χ0n) is 10.8. The summed E-state index contributed by atoms with van der Waals surface area (Å²) >= 11 is 5.67. The summed E-state index contributed by atoms with van der Waals surface area (Å²) in [6.45, 7) is 0. The van der Waals surface area contributed by atoms with E-state index in [1.807, 2.05) is 42.5 Å². The number of hydrogen-bond acceptors (Lipinski definition) is 2. The van der Waals surface area contributed by atoms with Crippen LogP contribution in [0.25, 0.3) is 11.1 Å². The van der Waals surface area contributed by atoms with E-state index < -0.39 is 11.3 Å². The molecule has 1 atom stereocenters. The van der Waals surface area contributed by atoms with Gasteiger partial charge in [-0.15, -0.1) is 11.6 Å². The van der Waals surface area contributed by atoms with Crippen LogP contribution in [0.1, 0.15) is 12.0 Å². The Morgan fingerprint density at radius 3 is 2.45 bits per heavy atom. The monoisotopic (exact) mass is 290 g/mol. The zero-order chi connectivity index (χ0) is 14.5. The number of rotatable bonds is 5. The van der Waals surface area contributed by atoms with E-state index in [1.54, 1.807) is 6.07 Å². The Balaban J connectivity index is 2.12. The van der Waals surface area contributed by atoms with E-state index in [0.29, 0.717) is 12.8 Å². The molecule has 0 aromatic heterocycles. The molecule has 0 saturated carbocycles. The van der Waals surface area contributed by atoms with Crippen LogP contribution in [-0.4, -0.2) is 21.6 Å². The Bertz CT molecular complexity index is 596. The van der Waals surface area contributed by atoms with Crippen molar-refractivity contribution in [3.05, 3.63) is 54.1 Å². The van der Waals surface area contributed by atoms with Gasteiger partial charge in [-0.25, -0.2) is 0 Å². The second-order valence-corrected chi connectivity index (χ2v) is 5.09. The van der Waals surface area contributed by atoms with Crippen molar-refractivity contribution in [2.24, 2.45) is 0 Å². The van der Waals surface area contributed by atoms with Crippen LogP contribution in [0.2, 0.25) is 0 Å². The number of aryl methyl sites for hydroxylation is 1. The van der Waals surface area contributed by atoms with Gasteiger partial charge in [-0.3, -0.25) is 4.79 Å². The molecule has 20 heavy (non-hydrogen) atoms. The fourth-order valence-electron chi connectivity index (χ4n) is 2.01. The molecule has 0 amide bonds. The van der Waals surface area contributed by atoms with Crippen molar-refractivity contribution in [3.63, 3.8) is 0 Å². The lowest BCUT2D eigenvalue weighted by atomic mass is 10.0. The molecule has 2 rings (SSSR count). The molecule has 0 aliphatic heterocycles. The topological polar surface area (TPSA) is 57.5 Å². The van der Waals surface area contributed by atoms with Gasteiger partial charge in [0.15, 0.2) is 0 Å². The maximum Gasteiger partial charge on any atom is 0.321 e. The smallest absolute Gasteiger partial charge is 0.321 e. The predicted molar refractivity (Wildman–Crippen MR) is 79.1 cm³/mol. The Morgan fingerprint density at radius 2 is 1.85 bits per heavy atom. The van der Waals surface area contributed by atoms with Crippen LogP contribution >= 0.6 is 11.6 Å². The minimum absolute atomic E-state index is 0.190. The van der Waals surface area contributed by atoms with E-state index in [-0.39, 0.29) is 5.75 Å². The molecule has 0 heterocycles. The van der Waals surface area contributed by atoms with Gasteiger partial charge >= 0.3 is 5.97 Å². The lowest BCUT2D eigenvalue weighted by Crippen LogP contribution is -2.13. The first-order valence-electron chi connectivity index (χ1n) is 6.32. The predicted octanol–water partition coefficient (Wildman–Crippen LogP) is 3.68. The molecule has 1 unspecified atom stereocenters. The molecular weight excluding hydrogens is 276 g/mol. The number of halogens is 1. The number of phenolic OH excluding ortho intramolecular Hbond substituents is 1. The van der Waals surface area contributed by atoms with Gasteiger partial charge in [0.05, 0.1) is 0 Å². The number of carbonyl (C=O) groups is 1. The van der Waals surface area contributed by atoms with Crippen LogP contribution in [0.3, 0.4) is 0 Å². The average Bonchev–Trinajstić information content (AvgIpc) is 2.45. The number of hydrogen-bond donors (Lipinski definition) is 2. The van der Waals surface area contributed by atoms with Gasteiger partial charge in [-0.1, -0.05) is 42.5 Å². The molecule has 0 saturated heterocycles. The number of carboxylic acids is 1. The minimum atomic E-state index is -1.02. The summed E-state index contributed by atoms with van der Waals surface area (Å²) in [4.78, 5) is 10.6. The maximum absolute atomic E-state index is 10.6. The summed E-state index contributed by atoms with van der Waals surface area (Å²) in [6, 6.07) is 15.0. The molecular formula is C16H15ClO3. The largest absolute Gasteiger partial charge is 0.507 e. The lowest BCUT2D eigenvalue weighted by molar-refractivity contribution is -0.136. The standard InChI is InChI=1S/C16H15ClO3/c17-14(16(19)20)9-7-11-6-8-13(15(18)10-11)12-4-2-1-3-5-12/h1-6,8,10,14,18H,7,9H2,(H,19,20). The van der Waals surface area contributed by atoms with E-state index in [4.69, 9.17) is 16.7 Å². The molecule has 2 aromatic rings. The average molecular weight is 291 g/mol. The second-order valence-electron chi connectivity index (χ2n) is 4.56. The SMILES string of the molecule is O=C(O)C(Cl)CCc1ccc(-c2ccccc2)c(O)c1. The van der Waals surface area contributed by atoms with Crippen molar-refractivity contribution in [1.29, 1.82) is 0 Å². The molecule has 0 aliphatic rings. The highest BCUT2D eigenvalue weighted by Crippen LogP contribution is 2.30. The Hall–Kier alpha value is -2.00. The van der Waals surface area contributed by atoms with Crippen LogP contribution in [0.4, 0.5) is 0 Å². The number of alkyl halides is 1. The molecule has 2 N–H and O–H groups in total. The van der Waals surface area contributed by atoms with Gasteiger partial charge in [-0.2, -0.15) is 0 Å². The van der Waals surface area contributed by atoms with Crippen LogP contribution in [0, 0.1) is 0 Å². The lowest BCUT2D eigenvalue weighted by Gasteiger charge is -2.08. The van der Waals surface area contributed by atoms with Gasteiger partial charge in [0.1, 0.15) is 11.1 Å². The number of aliphatic carboxylic acids is 1. The third-order valence-electron chi connectivity index (χ3n) is 3.10. The molecule has 3 nitrogen and oxygen atoms in total. The van der Waals surface area contributed by atoms with Crippen molar-refractivity contribution < 1.29 is 15.0 Å². The van der Waals surface area contributed by atoms with E-state index in [9.17, 15) is 9.90 Å². The Morgan fingerprint density at radius 1 is 1.15 bits per heavy atom. The Kier molecular flexibility index (Phi) is 4.64. The third kappa shape index (κ3) is 3.52. The highest BCUT2D eigenvalue weighted by atomic mass is 35.5. The van der Waals surface area contributed by atoms with Crippen LogP contribution in [0.15, 0.2) is 48.5 Å². The quantitative estimate of drug-likeness (QED) is 0.826. The van der Waals surface area contributed by atoms with Crippen LogP contribution < -0.4 is 0 Å². The maximum atomic E-state index is 10.6. The molecule has 0 bridgehead atoms. The van der Waals surface area contributed by atoms with E-state index in [0.717, 1.165) is 16.7 Å². The summed E-state index contributed by atoms with van der Waals surface area (Å²) in [5.74, 6) is -0.827. The highest BCUT2D eigenvalue weighted by Gasteiger charge is 2.13. The van der Waals surface area contributed by atoms with Gasteiger partial charge in [0, 0.05) is 5.56 Å². The molecule has 104 valence electrons. The van der Waals surface area contributed by atoms with Crippen molar-refractivity contribution >= 4 is 17.6 Å². The number of carboxylic acid groups (broad SMARTS) is 1. The fourth-order valence-corrected chi connectivity index (χ4v) is 2.12. The van der Waals surface area contributed by atoms with Gasteiger partial charge < -0.3 is 10.2 Å². The van der Waals surface area contributed by atoms with Gasteiger partial charge in [-0.05, 0) is 30.0 Å². The molecule has 0 aliphatic carbocycles. The number of phenols is 1. The zero-order valence-corrected chi connectivity index (χ0v) is 11.5. The summed E-state index contributed by atoms with van der Waals surface area (Å²) in [7, 11) is 0. The van der Waals surface area contributed by atoms with E-state index >= 15 is 0 Å². The molecule has 0 radical (unpaired) electrons. The fraction of sp³-hybridized carbons (Fsp3) is 0.188. The first-order valence-corrected chi connectivity index (χ1v) is 6.76. The van der Waals surface area contributed by atoms with Crippen LogP contribution in [0.5, 0.6) is 5.75 Å². The molecule has 2 aromatic carbocycles. The first-order chi connectivity index (χ1) is 9.58. The highest BCUT2D eigenvalue weighted by molar-refractivity contribution is 6.29. The first kappa shape index (κ1) is 14.4. The van der Waals surface area contributed by atoms with Crippen molar-refractivity contribution in [2.45, 2.75) is 18.2 Å². The normalized spacial score (nSPS) is 12.1. The molecule has 4 heteroatoms. The summed E-state index contributed by atoms with van der Waals surface area (Å²) in [5, 5.41) is 17.9. The minimum Gasteiger partial charge on any atom is -0.507 e.